The molecule has 0 bridgehead atoms. The van der Waals surface area contributed by atoms with Gasteiger partial charge < -0.3 is 4.90 Å². The molecule has 0 radical (unpaired) electrons. The first-order valence-electron chi connectivity index (χ1n) is 10.3. The largest absolute Gasteiger partial charge is 0.339 e. The number of thiazole rings is 1. The monoisotopic (exact) mass is 442 g/mol. The van der Waals surface area contributed by atoms with Crippen LogP contribution in [0.2, 0.25) is 0 Å². The Kier molecular flexibility index (Phi) is 5.28. The number of amides is 1. The van der Waals surface area contributed by atoms with Gasteiger partial charge in [-0.05, 0) is 24.6 Å². The molecule has 160 valence electrons. The average Bonchev–Trinajstić information content (AvgIpc) is 3.58. The van der Waals surface area contributed by atoms with E-state index in [1.165, 1.54) is 6.33 Å². The Morgan fingerprint density at radius 1 is 1.12 bits per heavy atom. The van der Waals surface area contributed by atoms with Crippen molar-refractivity contribution in [1.82, 2.24) is 29.0 Å². The van der Waals surface area contributed by atoms with E-state index in [1.807, 2.05) is 84.5 Å². The summed E-state index contributed by atoms with van der Waals surface area (Å²) in [5.41, 5.74) is 4.93. The topological polar surface area (TPSA) is 68.3 Å². The van der Waals surface area contributed by atoms with E-state index in [1.54, 1.807) is 27.2 Å². The second-order valence-corrected chi connectivity index (χ2v) is 8.50. The number of benzene rings is 2. The molecule has 32 heavy (non-hydrogen) atoms. The molecule has 5 rings (SSSR count). The zero-order valence-corrected chi connectivity index (χ0v) is 18.6. The van der Waals surface area contributed by atoms with E-state index in [4.69, 9.17) is 4.98 Å². The molecular formula is C24H22N6OS. The van der Waals surface area contributed by atoms with Crippen molar-refractivity contribution >= 4 is 22.2 Å². The van der Waals surface area contributed by atoms with E-state index >= 15 is 0 Å². The summed E-state index contributed by atoms with van der Waals surface area (Å²) in [5, 5.41) is 6.16. The van der Waals surface area contributed by atoms with Crippen molar-refractivity contribution in [2.24, 2.45) is 0 Å². The van der Waals surface area contributed by atoms with Crippen molar-refractivity contribution in [3.05, 3.63) is 90.1 Å². The van der Waals surface area contributed by atoms with Gasteiger partial charge in [0.15, 0.2) is 4.96 Å². The predicted octanol–water partition coefficient (Wildman–Crippen LogP) is 4.41. The zero-order valence-electron chi connectivity index (χ0n) is 17.8. The van der Waals surface area contributed by atoms with Crippen LogP contribution in [0.5, 0.6) is 0 Å². The molecule has 8 heteroatoms. The van der Waals surface area contributed by atoms with Crippen molar-refractivity contribution < 1.29 is 4.79 Å². The Labute approximate surface area is 189 Å². The van der Waals surface area contributed by atoms with Gasteiger partial charge >= 0.3 is 0 Å². The SMILES string of the molecule is CC(c1ccc(-n2cncn2)cc1)N(C)C(=O)Cc1csc2nc(-c3ccccc3)cn12. The second kappa shape index (κ2) is 8.39. The van der Waals surface area contributed by atoms with Gasteiger partial charge in [0.05, 0.1) is 23.8 Å². The first-order chi connectivity index (χ1) is 15.6. The summed E-state index contributed by atoms with van der Waals surface area (Å²) in [6.07, 6.45) is 5.50. The molecule has 3 aromatic heterocycles. The maximum absolute atomic E-state index is 13.1. The highest BCUT2D eigenvalue weighted by Gasteiger charge is 2.20. The van der Waals surface area contributed by atoms with Gasteiger partial charge in [-0.2, -0.15) is 5.10 Å². The van der Waals surface area contributed by atoms with Crippen LogP contribution in [0, 0.1) is 0 Å². The standard InChI is InChI=1S/C24H22N6OS/c1-17(18-8-10-20(11-9-18)30-16-25-15-26-30)28(2)23(31)12-21-14-32-24-27-22(13-29(21)24)19-6-4-3-5-7-19/h3-11,13-17H,12H2,1-2H3. The Morgan fingerprint density at radius 2 is 1.91 bits per heavy atom. The Bertz CT molecular complexity index is 1340. The van der Waals surface area contributed by atoms with Gasteiger partial charge in [0.25, 0.3) is 0 Å². The molecular weight excluding hydrogens is 420 g/mol. The fourth-order valence-electron chi connectivity index (χ4n) is 3.67. The molecule has 7 nitrogen and oxygen atoms in total. The molecule has 2 aromatic carbocycles. The van der Waals surface area contributed by atoms with Crippen LogP contribution in [-0.2, 0) is 11.2 Å². The molecule has 1 unspecified atom stereocenters. The highest BCUT2D eigenvalue weighted by molar-refractivity contribution is 7.15. The van der Waals surface area contributed by atoms with E-state index in [2.05, 4.69) is 10.1 Å². The summed E-state index contributed by atoms with van der Waals surface area (Å²) >= 11 is 1.56. The van der Waals surface area contributed by atoms with Gasteiger partial charge in [0.2, 0.25) is 5.91 Å². The molecule has 0 aliphatic heterocycles. The van der Waals surface area contributed by atoms with Crippen LogP contribution in [0.4, 0.5) is 0 Å². The lowest BCUT2D eigenvalue weighted by Crippen LogP contribution is -2.31. The highest BCUT2D eigenvalue weighted by atomic mass is 32.1. The van der Waals surface area contributed by atoms with Crippen LogP contribution in [0.1, 0.15) is 24.2 Å². The van der Waals surface area contributed by atoms with Crippen molar-refractivity contribution in [2.75, 3.05) is 7.05 Å². The molecule has 0 aliphatic rings. The smallest absolute Gasteiger partial charge is 0.228 e. The lowest BCUT2D eigenvalue weighted by atomic mass is 10.1. The van der Waals surface area contributed by atoms with Crippen LogP contribution < -0.4 is 0 Å². The van der Waals surface area contributed by atoms with E-state index in [0.717, 1.165) is 33.2 Å². The third kappa shape index (κ3) is 3.80. The van der Waals surface area contributed by atoms with Crippen molar-refractivity contribution in [3.63, 3.8) is 0 Å². The molecule has 5 aromatic rings. The van der Waals surface area contributed by atoms with Crippen LogP contribution >= 0.6 is 11.3 Å². The fourth-order valence-corrected chi connectivity index (χ4v) is 4.54. The van der Waals surface area contributed by atoms with Gasteiger partial charge in [-0.15, -0.1) is 11.3 Å². The molecule has 0 fully saturated rings. The van der Waals surface area contributed by atoms with Crippen LogP contribution in [-0.4, -0.2) is 42.0 Å². The van der Waals surface area contributed by atoms with E-state index in [9.17, 15) is 4.79 Å². The van der Waals surface area contributed by atoms with Crippen LogP contribution in [0.15, 0.2) is 78.8 Å². The summed E-state index contributed by atoms with van der Waals surface area (Å²) in [4.78, 5) is 24.5. The quantitative estimate of drug-likeness (QED) is 0.391. The molecule has 3 heterocycles. The van der Waals surface area contributed by atoms with E-state index in [-0.39, 0.29) is 11.9 Å². The molecule has 1 amide bonds. The first kappa shape index (κ1) is 20.1. The number of fused-ring (bicyclic) bond motifs is 1. The van der Waals surface area contributed by atoms with Gasteiger partial charge in [0, 0.05) is 29.9 Å². The molecule has 0 saturated heterocycles. The average molecular weight is 443 g/mol. The third-order valence-corrected chi connectivity index (χ3v) is 6.61. The summed E-state index contributed by atoms with van der Waals surface area (Å²) in [6.45, 7) is 2.04. The van der Waals surface area contributed by atoms with Crippen LogP contribution in [0.3, 0.4) is 0 Å². The number of aromatic nitrogens is 5. The second-order valence-electron chi connectivity index (χ2n) is 7.66. The number of carbonyl (C=O) groups is 1. The molecule has 0 N–H and O–H groups in total. The van der Waals surface area contributed by atoms with Gasteiger partial charge in [-0.3, -0.25) is 9.20 Å². The molecule has 1 atom stereocenters. The van der Waals surface area contributed by atoms with Gasteiger partial charge in [0.1, 0.15) is 12.7 Å². The predicted molar refractivity (Wildman–Crippen MR) is 125 cm³/mol. The maximum atomic E-state index is 13.1. The van der Waals surface area contributed by atoms with Crippen molar-refractivity contribution in [2.45, 2.75) is 19.4 Å². The van der Waals surface area contributed by atoms with Crippen molar-refractivity contribution in [1.29, 1.82) is 0 Å². The van der Waals surface area contributed by atoms with E-state index < -0.39 is 0 Å². The summed E-state index contributed by atoms with van der Waals surface area (Å²) in [6, 6.07) is 18.0. The first-order valence-corrected chi connectivity index (χ1v) is 11.2. The Balaban J connectivity index is 1.31. The number of hydrogen-bond donors (Lipinski definition) is 0. The summed E-state index contributed by atoms with van der Waals surface area (Å²) in [5.74, 6) is 0.0625. The third-order valence-electron chi connectivity index (χ3n) is 5.72. The Morgan fingerprint density at radius 3 is 2.62 bits per heavy atom. The lowest BCUT2D eigenvalue weighted by molar-refractivity contribution is -0.131. The molecule has 0 spiro atoms. The zero-order chi connectivity index (χ0) is 22.1. The lowest BCUT2D eigenvalue weighted by Gasteiger charge is -2.25. The summed E-state index contributed by atoms with van der Waals surface area (Å²) in [7, 11) is 1.85. The minimum atomic E-state index is -0.0518. The Hall–Kier alpha value is -3.78. The number of rotatable bonds is 6. The number of imidazole rings is 1. The van der Waals surface area contributed by atoms with Crippen molar-refractivity contribution in [3.8, 4) is 16.9 Å². The summed E-state index contributed by atoms with van der Waals surface area (Å²) < 4.78 is 3.73. The van der Waals surface area contributed by atoms with Gasteiger partial charge in [-0.1, -0.05) is 42.5 Å². The highest BCUT2D eigenvalue weighted by Crippen LogP contribution is 2.25. The number of nitrogens with zero attached hydrogens (tertiary/aromatic N) is 6. The number of likely N-dealkylation sites (N-methyl/N-ethyl adjacent to an activating group) is 1. The fraction of sp³-hybridized carbons (Fsp3) is 0.167. The molecule has 0 aliphatic carbocycles. The number of hydrogen-bond acceptors (Lipinski definition) is 5. The normalized spacial score (nSPS) is 12.2. The van der Waals surface area contributed by atoms with Crippen LogP contribution in [0.25, 0.3) is 21.9 Å². The maximum Gasteiger partial charge on any atom is 0.228 e. The van der Waals surface area contributed by atoms with E-state index in [0.29, 0.717) is 6.42 Å². The molecule has 0 saturated carbocycles. The number of carbonyl (C=O) groups excluding carboxylic acids is 1. The van der Waals surface area contributed by atoms with Gasteiger partial charge in [-0.25, -0.2) is 14.6 Å². The minimum Gasteiger partial charge on any atom is -0.339 e. The minimum absolute atomic E-state index is 0.0518.